The zero-order chi connectivity index (χ0) is 19.1. The lowest BCUT2D eigenvalue weighted by Crippen LogP contribution is -2.47. The fraction of sp³-hybridized carbons (Fsp3) is 0.421. The summed E-state index contributed by atoms with van der Waals surface area (Å²) in [4.78, 5) is 2.24. The fourth-order valence-corrected chi connectivity index (χ4v) is 4.36. The molecule has 2 aliphatic heterocycles. The molecular formula is C19H22N8O. The van der Waals surface area contributed by atoms with Crippen molar-refractivity contribution in [1.29, 1.82) is 0 Å². The van der Waals surface area contributed by atoms with Crippen LogP contribution >= 0.6 is 0 Å². The number of anilines is 1. The third-order valence-corrected chi connectivity index (χ3v) is 5.88. The van der Waals surface area contributed by atoms with E-state index in [2.05, 4.69) is 48.1 Å². The number of hydrogen-bond donors (Lipinski definition) is 3. The molecule has 2 fully saturated rings. The first-order valence-corrected chi connectivity index (χ1v) is 9.57. The highest BCUT2D eigenvalue weighted by Gasteiger charge is 2.35. The van der Waals surface area contributed by atoms with Gasteiger partial charge in [0.15, 0.2) is 5.82 Å². The minimum absolute atomic E-state index is 0.104. The molecule has 144 valence electrons. The smallest absolute Gasteiger partial charge is 0.204 e. The molecule has 0 amide bonds. The van der Waals surface area contributed by atoms with Gasteiger partial charge < -0.3 is 15.3 Å². The SMILES string of the molecule is CN(c1ccc(-c2ccc(-c3nn[nH]n3)cc2O)nn1)C1C[C@H]2CC[C@@H](C1)N2. The molecule has 3 aromatic rings. The first-order chi connectivity index (χ1) is 13.7. The molecule has 0 saturated carbocycles. The molecule has 5 rings (SSSR count). The van der Waals surface area contributed by atoms with Crippen molar-refractivity contribution in [3.63, 3.8) is 0 Å². The maximum atomic E-state index is 10.4. The number of phenolic OH excluding ortho intramolecular Hbond substituents is 1. The topological polar surface area (TPSA) is 116 Å². The van der Waals surface area contributed by atoms with Crippen LogP contribution < -0.4 is 10.2 Å². The van der Waals surface area contributed by atoms with Gasteiger partial charge in [-0.15, -0.1) is 20.4 Å². The second-order valence-electron chi connectivity index (χ2n) is 7.62. The minimum Gasteiger partial charge on any atom is -0.507 e. The van der Waals surface area contributed by atoms with Gasteiger partial charge in [0, 0.05) is 36.3 Å². The molecule has 28 heavy (non-hydrogen) atoms. The van der Waals surface area contributed by atoms with Crippen LogP contribution in [0.25, 0.3) is 22.6 Å². The van der Waals surface area contributed by atoms with Gasteiger partial charge in [-0.05, 0) is 55.2 Å². The van der Waals surface area contributed by atoms with Gasteiger partial charge >= 0.3 is 0 Å². The van der Waals surface area contributed by atoms with Crippen molar-refractivity contribution in [2.24, 2.45) is 0 Å². The normalized spacial score (nSPS) is 23.7. The van der Waals surface area contributed by atoms with Gasteiger partial charge in [0.2, 0.25) is 5.82 Å². The second-order valence-corrected chi connectivity index (χ2v) is 7.62. The molecule has 3 N–H and O–H groups in total. The predicted octanol–water partition coefficient (Wildman–Crippen LogP) is 1.75. The highest BCUT2D eigenvalue weighted by Crippen LogP contribution is 2.33. The van der Waals surface area contributed by atoms with E-state index >= 15 is 0 Å². The maximum absolute atomic E-state index is 10.4. The molecule has 1 aromatic carbocycles. The summed E-state index contributed by atoms with van der Waals surface area (Å²) >= 11 is 0. The van der Waals surface area contributed by atoms with E-state index in [0.717, 1.165) is 18.7 Å². The Morgan fingerprint density at radius 3 is 2.50 bits per heavy atom. The van der Waals surface area contributed by atoms with E-state index in [-0.39, 0.29) is 5.75 Å². The van der Waals surface area contributed by atoms with Crippen LogP contribution in [0.4, 0.5) is 5.82 Å². The number of hydrogen-bond acceptors (Lipinski definition) is 8. The molecule has 1 unspecified atom stereocenters. The van der Waals surface area contributed by atoms with Gasteiger partial charge in [-0.1, -0.05) is 6.07 Å². The van der Waals surface area contributed by atoms with E-state index in [1.165, 1.54) is 12.8 Å². The molecule has 0 aliphatic carbocycles. The molecule has 3 atom stereocenters. The van der Waals surface area contributed by atoms with E-state index in [1.54, 1.807) is 12.1 Å². The Labute approximate surface area is 162 Å². The minimum atomic E-state index is 0.104. The van der Waals surface area contributed by atoms with Gasteiger partial charge in [0.25, 0.3) is 0 Å². The number of nitrogens with one attached hydrogen (secondary N) is 2. The predicted molar refractivity (Wildman–Crippen MR) is 104 cm³/mol. The number of nitrogens with zero attached hydrogens (tertiary/aromatic N) is 6. The summed E-state index contributed by atoms with van der Waals surface area (Å²) in [5, 5.41) is 36.7. The number of aromatic amines is 1. The quantitative estimate of drug-likeness (QED) is 0.629. The molecular weight excluding hydrogens is 356 g/mol. The van der Waals surface area contributed by atoms with Crippen LogP contribution in [0.2, 0.25) is 0 Å². The third-order valence-electron chi connectivity index (χ3n) is 5.88. The van der Waals surface area contributed by atoms with Crippen molar-refractivity contribution in [2.45, 2.75) is 43.8 Å². The number of fused-ring (bicyclic) bond motifs is 2. The van der Waals surface area contributed by atoms with Crippen molar-refractivity contribution in [3.8, 4) is 28.4 Å². The molecule has 4 heterocycles. The molecule has 2 saturated heterocycles. The lowest BCUT2D eigenvalue weighted by Gasteiger charge is -2.36. The van der Waals surface area contributed by atoms with E-state index in [4.69, 9.17) is 0 Å². The number of benzene rings is 1. The number of aromatic nitrogens is 6. The van der Waals surface area contributed by atoms with Crippen LogP contribution in [0.15, 0.2) is 30.3 Å². The van der Waals surface area contributed by atoms with Gasteiger partial charge in [0.1, 0.15) is 5.75 Å². The van der Waals surface area contributed by atoms with Crippen LogP contribution in [0.3, 0.4) is 0 Å². The molecule has 0 spiro atoms. The van der Waals surface area contributed by atoms with Crippen molar-refractivity contribution < 1.29 is 5.11 Å². The number of rotatable bonds is 4. The van der Waals surface area contributed by atoms with Crippen LogP contribution in [0.5, 0.6) is 5.75 Å². The summed E-state index contributed by atoms with van der Waals surface area (Å²) < 4.78 is 0. The number of aromatic hydroxyl groups is 1. The molecule has 2 aromatic heterocycles. The second kappa shape index (κ2) is 6.83. The summed E-state index contributed by atoms with van der Waals surface area (Å²) in [5.74, 6) is 1.39. The summed E-state index contributed by atoms with van der Waals surface area (Å²) in [5.41, 5.74) is 1.92. The summed E-state index contributed by atoms with van der Waals surface area (Å²) in [6, 6.07) is 10.8. The van der Waals surface area contributed by atoms with E-state index < -0.39 is 0 Å². The third kappa shape index (κ3) is 3.07. The highest BCUT2D eigenvalue weighted by atomic mass is 16.3. The summed E-state index contributed by atoms with van der Waals surface area (Å²) in [6.07, 6.45) is 4.85. The standard InChI is InChI=1S/C19H22N8O/c1-27(14-9-12-3-4-13(10-14)20-12)18-7-6-16(21-22-18)15-5-2-11(8-17(15)28)19-23-25-26-24-19/h2,5-8,12-14,20,28H,3-4,9-10H2,1H3,(H,23,24,25,26)/t12-,13+,14?. The summed E-state index contributed by atoms with van der Waals surface area (Å²) in [7, 11) is 2.09. The van der Waals surface area contributed by atoms with Crippen LogP contribution in [0, 0.1) is 0 Å². The van der Waals surface area contributed by atoms with E-state index in [0.29, 0.717) is 40.8 Å². The average Bonchev–Trinajstić information content (AvgIpc) is 3.37. The van der Waals surface area contributed by atoms with E-state index in [1.807, 2.05) is 18.2 Å². The molecule has 9 nitrogen and oxygen atoms in total. The first kappa shape index (κ1) is 17.1. The van der Waals surface area contributed by atoms with Crippen molar-refractivity contribution in [1.82, 2.24) is 36.1 Å². The first-order valence-electron chi connectivity index (χ1n) is 9.57. The van der Waals surface area contributed by atoms with Crippen LogP contribution in [-0.2, 0) is 0 Å². The monoisotopic (exact) mass is 378 g/mol. The number of phenols is 1. The summed E-state index contributed by atoms with van der Waals surface area (Å²) in [6.45, 7) is 0. The molecule has 0 radical (unpaired) electrons. The molecule has 2 aliphatic rings. The lowest BCUT2D eigenvalue weighted by atomic mass is 9.98. The zero-order valence-corrected chi connectivity index (χ0v) is 15.6. The number of tetrazole rings is 1. The van der Waals surface area contributed by atoms with Gasteiger partial charge in [-0.3, -0.25) is 0 Å². The fourth-order valence-electron chi connectivity index (χ4n) is 4.36. The maximum Gasteiger partial charge on any atom is 0.204 e. The van der Waals surface area contributed by atoms with Crippen LogP contribution in [-0.4, -0.2) is 61.1 Å². The number of H-pyrrole nitrogens is 1. The Morgan fingerprint density at radius 2 is 1.86 bits per heavy atom. The zero-order valence-electron chi connectivity index (χ0n) is 15.6. The Hall–Kier alpha value is -3.07. The Morgan fingerprint density at radius 1 is 1.04 bits per heavy atom. The Bertz CT molecular complexity index is 947. The lowest BCUT2D eigenvalue weighted by molar-refractivity contribution is 0.353. The Balaban J connectivity index is 1.35. The largest absolute Gasteiger partial charge is 0.507 e. The van der Waals surface area contributed by atoms with Crippen LogP contribution in [0.1, 0.15) is 25.7 Å². The van der Waals surface area contributed by atoms with Crippen molar-refractivity contribution in [2.75, 3.05) is 11.9 Å². The highest BCUT2D eigenvalue weighted by molar-refractivity contribution is 5.72. The Kier molecular flexibility index (Phi) is 4.16. The van der Waals surface area contributed by atoms with Gasteiger partial charge in [-0.25, -0.2) is 0 Å². The van der Waals surface area contributed by atoms with Crippen molar-refractivity contribution in [3.05, 3.63) is 30.3 Å². The van der Waals surface area contributed by atoms with Crippen molar-refractivity contribution >= 4 is 5.82 Å². The molecule has 2 bridgehead atoms. The van der Waals surface area contributed by atoms with E-state index in [9.17, 15) is 5.11 Å². The van der Waals surface area contributed by atoms with Gasteiger partial charge in [-0.2, -0.15) is 5.21 Å². The van der Waals surface area contributed by atoms with Gasteiger partial charge in [0.05, 0.1) is 5.69 Å². The average molecular weight is 378 g/mol. The molecule has 9 heteroatoms. The number of piperidine rings is 1.